The van der Waals surface area contributed by atoms with Gasteiger partial charge in [0, 0.05) is 13.1 Å². The Morgan fingerprint density at radius 3 is 2.61 bits per heavy atom. The van der Waals surface area contributed by atoms with E-state index >= 15 is 0 Å². The number of nitrogens with zero attached hydrogens (tertiary/aromatic N) is 4. The lowest BCUT2D eigenvalue weighted by molar-refractivity contribution is 0.101. The molecule has 0 aliphatic rings. The summed E-state index contributed by atoms with van der Waals surface area (Å²) in [5.41, 5.74) is 1.72. The highest BCUT2D eigenvalue weighted by molar-refractivity contribution is 6.34. The van der Waals surface area contributed by atoms with Crippen molar-refractivity contribution in [3.63, 3.8) is 0 Å². The Kier molecular flexibility index (Phi) is 3.26. The number of aromatic nitrogens is 4. The molecule has 0 N–H and O–H groups in total. The molecular weight excluding hydrogens is 252 g/mol. The van der Waals surface area contributed by atoms with E-state index in [-0.39, 0.29) is 11.8 Å². The molecule has 0 unspecified atom stereocenters. The molecule has 2 rings (SSSR count). The smallest absolute Gasteiger partial charge is 0.230 e. The number of halogens is 1. The minimum absolute atomic E-state index is 0.0748. The van der Waals surface area contributed by atoms with Gasteiger partial charge in [-0.05, 0) is 26.8 Å². The van der Waals surface area contributed by atoms with Gasteiger partial charge in [0.1, 0.15) is 11.4 Å². The summed E-state index contributed by atoms with van der Waals surface area (Å²) in [7, 11) is 1.74. The largest absolute Gasteiger partial charge is 0.285 e. The van der Waals surface area contributed by atoms with E-state index in [0.29, 0.717) is 16.4 Å². The lowest BCUT2D eigenvalue weighted by atomic mass is 10.2. The van der Waals surface area contributed by atoms with Crippen LogP contribution in [0, 0.1) is 6.92 Å². The molecule has 2 aromatic rings. The van der Waals surface area contributed by atoms with E-state index in [1.807, 2.05) is 20.8 Å². The lowest BCUT2D eigenvalue weighted by Gasteiger charge is -2.10. The first-order valence-electron chi connectivity index (χ1n) is 5.70. The predicted molar refractivity (Wildman–Crippen MR) is 69.0 cm³/mol. The van der Waals surface area contributed by atoms with Crippen LogP contribution in [-0.4, -0.2) is 25.3 Å². The molecule has 0 fully saturated rings. The zero-order chi connectivity index (χ0) is 13.4. The summed E-state index contributed by atoms with van der Waals surface area (Å²) in [6, 6.07) is 1.82. The first-order chi connectivity index (χ1) is 8.41. The Hall–Kier alpha value is -1.62. The number of aryl methyl sites for hydroxylation is 2. The van der Waals surface area contributed by atoms with Crippen molar-refractivity contribution in [3.05, 3.63) is 34.4 Å². The van der Waals surface area contributed by atoms with Crippen molar-refractivity contribution in [2.24, 2.45) is 7.05 Å². The average Bonchev–Trinajstić information content (AvgIpc) is 2.81. The Labute approximate surface area is 110 Å². The van der Waals surface area contributed by atoms with Crippen LogP contribution in [0.15, 0.2) is 12.3 Å². The Balaban J connectivity index is 2.52. The van der Waals surface area contributed by atoms with Gasteiger partial charge in [-0.2, -0.15) is 10.2 Å². The molecule has 5 nitrogen and oxygen atoms in total. The highest BCUT2D eigenvalue weighted by Crippen LogP contribution is 2.22. The molecule has 2 aromatic heterocycles. The van der Waals surface area contributed by atoms with Gasteiger partial charge in [0.15, 0.2) is 0 Å². The molecule has 0 aromatic carbocycles. The molecule has 96 valence electrons. The molecule has 0 saturated carbocycles. The summed E-state index contributed by atoms with van der Waals surface area (Å²) in [5.74, 6) is -0.158. The van der Waals surface area contributed by atoms with E-state index in [9.17, 15) is 4.79 Å². The molecule has 2 heterocycles. The number of rotatable bonds is 3. The maximum atomic E-state index is 12.5. The van der Waals surface area contributed by atoms with Gasteiger partial charge in [-0.15, -0.1) is 0 Å². The molecular formula is C12H15ClN4O. The Bertz CT molecular complexity index is 597. The van der Waals surface area contributed by atoms with Gasteiger partial charge in [0.25, 0.3) is 0 Å². The van der Waals surface area contributed by atoms with E-state index in [0.717, 1.165) is 5.69 Å². The first kappa shape index (κ1) is 12.8. The summed E-state index contributed by atoms with van der Waals surface area (Å²) in [5, 5.41) is 8.67. The fourth-order valence-corrected chi connectivity index (χ4v) is 2.11. The fourth-order valence-electron chi connectivity index (χ4n) is 1.89. The number of carbonyl (C=O) groups excluding carboxylic acids is 1. The molecule has 0 amide bonds. The highest BCUT2D eigenvalue weighted by Gasteiger charge is 2.23. The van der Waals surface area contributed by atoms with Crippen molar-refractivity contribution in [1.29, 1.82) is 0 Å². The van der Waals surface area contributed by atoms with E-state index in [2.05, 4.69) is 10.2 Å². The van der Waals surface area contributed by atoms with Crippen molar-refractivity contribution in [1.82, 2.24) is 19.6 Å². The number of ketones is 1. The van der Waals surface area contributed by atoms with Crippen LogP contribution in [-0.2, 0) is 7.05 Å². The van der Waals surface area contributed by atoms with Crippen LogP contribution in [0.4, 0.5) is 0 Å². The zero-order valence-electron chi connectivity index (χ0n) is 10.8. The van der Waals surface area contributed by atoms with Crippen molar-refractivity contribution in [2.75, 3.05) is 0 Å². The van der Waals surface area contributed by atoms with Crippen LogP contribution < -0.4 is 0 Å². The SMILES string of the molecule is Cc1cc(C(=O)c2c(Cl)cnn2C(C)C)n(C)n1. The van der Waals surface area contributed by atoms with Crippen LogP contribution >= 0.6 is 11.6 Å². The number of hydrogen-bond acceptors (Lipinski definition) is 3. The zero-order valence-corrected chi connectivity index (χ0v) is 11.6. The second kappa shape index (κ2) is 4.57. The quantitative estimate of drug-likeness (QED) is 0.802. The topological polar surface area (TPSA) is 52.7 Å². The molecule has 0 saturated heterocycles. The highest BCUT2D eigenvalue weighted by atomic mass is 35.5. The molecule has 0 spiro atoms. The maximum absolute atomic E-state index is 12.5. The second-order valence-electron chi connectivity index (χ2n) is 4.50. The van der Waals surface area contributed by atoms with E-state index in [1.165, 1.54) is 6.20 Å². The van der Waals surface area contributed by atoms with E-state index in [4.69, 9.17) is 11.6 Å². The average molecular weight is 267 g/mol. The van der Waals surface area contributed by atoms with Crippen LogP contribution in [0.2, 0.25) is 5.02 Å². The minimum atomic E-state index is -0.158. The Morgan fingerprint density at radius 2 is 2.11 bits per heavy atom. The summed E-state index contributed by atoms with van der Waals surface area (Å²) >= 11 is 6.06. The first-order valence-corrected chi connectivity index (χ1v) is 6.08. The van der Waals surface area contributed by atoms with Crippen molar-refractivity contribution < 1.29 is 4.79 Å². The molecule has 0 aliphatic carbocycles. The fraction of sp³-hybridized carbons (Fsp3) is 0.417. The van der Waals surface area contributed by atoms with Crippen molar-refractivity contribution >= 4 is 17.4 Å². The van der Waals surface area contributed by atoms with Crippen LogP contribution in [0.25, 0.3) is 0 Å². The van der Waals surface area contributed by atoms with Crippen LogP contribution in [0.3, 0.4) is 0 Å². The van der Waals surface area contributed by atoms with Gasteiger partial charge in [0.05, 0.1) is 16.9 Å². The normalized spacial score (nSPS) is 11.2. The monoisotopic (exact) mass is 266 g/mol. The summed E-state index contributed by atoms with van der Waals surface area (Å²) < 4.78 is 3.19. The number of carbonyl (C=O) groups is 1. The van der Waals surface area contributed by atoms with E-state index in [1.54, 1.807) is 22.5 Å². The Morgan fingerprint density at radius 1 is 1.44 bits per heavy atom. The van der Waals surface area contributed by atoms with Crippen LogP contribution in [0.1, 0.15) is 41.8 Å². The predicted octanol–water partition coefficient (Wildman–Crippen LogP) is 2.39. The summed E-state index contributed by atoms with van der Waals surface area (Å²) in [6.07, 6.45) is 1.50. The molecule has 6 heteroatoms. The van der Waals surface area contributed by atoms with Crippen molar-refractivity contribution in [3.8, 4) is 0 Å². The third-order valence-electron chi connectivity index (χ3n) is 2.69. The van der Waals surface area contributed by atoms with Gasteiger partial charge >= 0.3 is 0 Å². The van der Waals surface area contributed by atoms with Gasteiger partial charge in [-0.3, -0.25) is 14.2 Å². The van der Waals surface area contributed by atoms with Gasteiger partial charge < -0.3 is 0 Å². The van der Waals surface area contributed by atoms with Gasteiger partial charge in [-0.25, -0.2) is 0 Å². The van der Waals surface area contributed by atoms with Crippen molar-refractivity contribution in [2.45, 2.75) is 26.8 Å². The third-order valence-corrected chi connectivity index (χ3v) is 2.97. The number of hydrogen-bond donors (Lipinski definition) is 0. The van der Waals surface area contributed by atoms with E-state index < -0.39 is 0 Å². The summed E-state index contributed by atoms with van der Waals surface area (Å²) in [4.78, 5) is 12.5. The molecule has 18 heavy (non-hydrogen) atoms. The molecule has 0 atom stereocenters. The van der Waals surface area contributed by atoms with Gasteiger partial charge in [0.2, 0.25) is 5.78 Å². The second-order valence-corrected chi connectivity index (χ2v) is 4.91. The molecule has 0 radical (unpaired) electrons. The summed E-state index contributed by atoms with van der Waals surface area (Å²) in [6.45, 7) is 5.75. The molecule has 0 bridgehead atoms. The third kappa shape index (κ3) is 2.06. The lowest BCUT2D eigenvalue weighted by Crippen LogP contribution is -2.16. The maximum Gasteiger partial charge on any atom is 0.230 e. The minimum Gasteiger partial charge on any atom is -0.285 e. The standard InChI is InChI=1S/C12H15ClN4O/c1-7(2)17-11(9(13)6-14-17)12(18)10-5-8(3)15-16(10)4/h5-7H,1-4H3. The molecule has 0 aliphatic heterocycles. The van der Waals surface area contributed by atoms with Crippen LogP contribution in [0.5, 0.6) is 0 Å². The van der Waals surface area contributed by atoms with Gasteiger partial charge in [-0.1, -0.05) is 11.6 Å².